The molecule has 0 atom stereocenters. The zero-order chi connectivity index (χ0) is 13.2. The highest BCUT2D eigenvalue weighted by atomic mass is 16.5. The Bertz CT molecular complexity index is 719. The van der Waals surface area contributed by atoms with Crippen molar-refractivity contribution in [3.05, 3.63) is 54.2 Å². The largest absolute Gasteiger partial charge is 0.504 e. The lowest BCUT2D eigenvalue weighted by Crippen LogP contribution is -1.96. The third kappa shape index (κ3) is 2.08. The number of benzene rings is 2. The van der Waals surface area contributed by atoms with Crippen molar-refractivity contribution in [1.29, 1.82) is 0 Å². The molecule has 4 heteroatoms. The van der Waals surface area contributed by atoms with Crippen LogP contribution in [0, 0.1) is 0 Å². The molecule has 3 aromatic rings. The molecule has 2 aromatic carbocycles. The summed E-state index contributed by atoms with van der Waals surface area (Å²) in [5.74, 6) is 0.599. The maximum Gasteiger partial charge on any atom is 0.161 e. The molecule has 4 nitrogen and oxygen atoms in total. The molecular formula is C15H14N2O2. The van der Waals surface area contributed by atoms with Crippen molar-refractivity contribution >= 4 is 16.6 Å². The van der Waals surface area contributed by atoms with Crippen LogP contribution in [0.25, 0.3) is 10.9 Å². The maximum absolute atomic E-state index is 9.65. The Kier molecular flexibility index (Phi) is 2.76. The molecule has 96 valence electrons. The number of para-hydroxylation sites is 2. The summed E-state index contributed by atoms with van der Waals surface area (Å²) in [6.45, 7) is 0.353. The zero-order valence-corrected chi connectivity index (χ0v) is 10.3. The van der Waals surface area contributed by atoms with Crippen LogP contribution in [0.1, 0.15) is 5.56 Å². The lowest BCUT2D eigenvalue weighted by Gasteiger charge is -2.07. The lowest BCUT2D eigenvalue weighted by molar-refractivity contribution is 0.290. The van der Waals surface area contributed by atoms with Crippen LogP contribution in [0.15, 0.2) is 48.7 Å². The minimum Gasteiger partial charge on any atom is -0.504 e. The molecule has 0 spiro atoms. The van der Waals surface area contributed by atoms with Crippen LogP contribution >= 0.6 is 0 Å². The van der Waals surface area contributed by atoms with E-state index in [1.807, 2.05) is 30.5 Å². The number of aromatic hydroxyl groups is 1. The van der Waals surface area contributed by atoms with Crippen LogP contribution in [0.4, 0.5) is 5.69 Å². The molecule has 1 heterocycles. The molecule has 0 saturated heterocycles. The number of phenols is 1. The monoisotopic (exact) mass is 254 g/mol. The van der Waals surface area contributed by atoms with Gasteiger partial charge in [0, 0.05) is 28.4 Å². The SMILES string of the molecule is Nc1cccc2[nH]cc(COc3ccccc3O)c12. The number of fused-ring (bicyclic) bond motifs is 1. The number of nitrogens with one attached hydrogen (secondary N) is 1. The van der Waals surface area contributed by atoms with Crippen molar-refractivity contribution in [2.24, 2.45) is 0 Å². The first kappa shape index (κ1) is 11.5. The van der Waals surface area contributed by atoms with E-state index < -0.39 is 0 Å². The van der Waals surface area contributed by atoms with Gasteiger partial charge in [0.1, 0.15) is 6.61 Å². The summed E-state index contributed by atoms with van der Waals surface area (Å²) < 4.78 is 5.62. The Hall–Kier alpha value is -2.62. The Labute approximate surface area is 110 Å². The van der Waals surface area contributed by atoms with Crippen LogP contribution in [0.2, 0.25) is 0 Å². The second-order valence-corrected chi connectivity index (χ2v) is 4.34. The fraction of sp³-hybridized carbons (Fsp3) is 0.0667. The average molecular weight is 254 g/mol. The summed E-state index contributed by atoms with van der Waals surface area (Å²) in [7, 11) is 0. The van der Waals surface area contributed by atoms with Crippen LogP contribution in [0.5, 0.6) is 11.5 Å². The molecule has 0 radical (unpaired) electrons. The van der Waals surface area contributed by atoms with Crippen LogP contribution < -0.4 is 10.5 Å². The van der Waals surface area contributed by atoms with E-state index in [0.29, 0.717) is 12.4 Å². The van der Waals surface area contributed by atoms with Crippen molar-refractivity contribution in [1.82, 2.24) is 4.98 Å². The second kappa shape index (κ2) is 4.57. The number of hydrogen-bond acceptors (Lipinski definition) is 3. The molecule has 0 aliphatic heterocycles. The Morgan fingerprint density at radius 1 is 1.11 bits per heavy atom. The number of nitrogens with two attached hydrogens (primary N) is 1. The van der Waals surface area contributed by atoms with Gasteiger partial charge < -0.3 is 20.6 Å². The van der Waals surface area contributed by atoms with Gasteiger partial charge in [-0.15, -0.1) is 0 Å². The molecule has 0 bridgehead atoms. The number of phenolic OH excluding ortho intramolecular Hbond substituents is 1. The van der Waals surface area contributed by atoms with E-state index in [-0.39, 0.29) is 5.75 Å². The van der Waals surface area contributed by atoms with E-state index in [2.05, 4.69) is 4.98 Å². The molecule has 1 aromatic heterocycles. The van der Waals surface area contributed by atoms with Gasteiger partial charge in [0.2, 0.25) is 0 Å². The normalized spacial score (nSPS) is 10.7. The quantitative estimate of drug-likeness (QED) is 0.629. The highest BCUT2D eigenvalue weighted by Gasteiger charge is 2.08. The van der Waals surface area contributed by atoms with Gasteiger partial charge in [-0.05, 0) is 24.3 Å². The van der Waals surface area contributed by atoms with E-state index in [1.54, 1.807) is 18.2 Å². The predicted molar refractivity (Wildman–Crippen MR) is 75.1 cm³/mol. The molecule has 0 aliphatic carbocycles. The van der Waals surface area contributed by atoms with Crippen LogP contribution in [-0.4, -0.2) is 10.1 Å². The van der Waals surface area contributed by atoms with Crippen molar-refractivity contribution in [2.45, 2.75) is 6.61 Å². The van der Waals surface area contributed by atoms with Gasteiger partial charge in [0.25, 0.3) is 0 Å². The van der Waals surface area contributed by atoms with E-state index in [4.69, 9.17) is 10.5 Å². The molecule has 0 aliphatic rings. The van der Waals surface area contributed by atoms with Crippen molar-refractivity contribution < 1.29 is 9.84 Å². The highest BCUT2D eigenvalue weighted by molar-refractivity contribution is 5.93. The number of ether oxygens (including phenoxy) is 1. The molecule has 0 amide bonds. The van der Waals surface area contributed by atoms with Crippen molar-refractivity contribution in [3.63, 3.8) is 0 Å². The Balaban J connectivity index is 1.89. The number of rotatable bonds is 3. The summed E-state index contributed by atoms with van der Waals surface area (Å²) >= 11 is 0. The first-order valence-electron chi connectivity index (χ1n) is 6.01. The number of nitrogen functional groups attached to an aromatic ring is 1. The Morgan fingerprint density at radius 2 is 1.95 bits per heavy atom. The first-order chi connectivity index (χ1) is 9.25. The standard InChI is InChI=1S/C15H14N2O2/c16-11-4-3-5-12-15(11)10(8-17-12)9-19-14-7-2-1-6-13(14)18/h1-8,17-18H,9,16H2. The van der Waals surface area contributed by atoms with Gasteiger partial charge in [-0.2, -0.15) is 0 Å². The van der Waals surface area contributed by atoms with E-state index in [0.717, 1.165) is 22.2 Å². The van der Waals surface area contributed by atoms with Crippen LogP contribution in [-0.2, 0) is 6.61 Å². The summed E-state index contributed by atoms with van der Waals surface area (Å²) in [5.41, 5.74) is 8.64. The predicted octanol–water partition coefficient (Wildman–Crippen LogP) is 3.03. The van der Waals surface area contributed by atoms with Gasteiger partial charge >= 0.3 is 0 Å². The minimum atomic E-state index is 0.135. The number of H-pyrrole nitrogens is 1. The molecule has 4 N–H and O–H groups in total. The Morgan fingerprint density at radius 3 is 2.79 bits per heavy atom. The molecule has 0 fully saturated rings. The number of anilines is 1. The van der Waals surface area contributed by atoms with Crippen molar-refractivity contribution in [3.8, 4) is 11.5 Å². The molecule has 0 saturated carbocycles. The van der Waals surface area contributed by atoms with Crippen molar-refractivity contribution in [2.75, 3.05) is 5.73 Å². The number of aromatic amines is 1. The summed E-state index contributed by atoms with van der Waals surface area (Å²) in [6, 6.07) is 12.6. The summed E-state index contributed by atoms with van der Waals surface area (Å²) in [4.78, 5) is 3.16. The molecular weight excluding hydrogens is 240 g/mol. The van der Waals surface area contributed by atoms with Gasteiger partial charge in [-0.25, -0.2) is 0 Å². The maximum atomic E-state index is 9.65. The molecule has 19 heavy (non-hydrogen) atoms. The van der Waals surface area contributed by atoms with Gasteiger partial charge in [-0.3, -0.25) is 0 Å². The molecule has 3 rings (SSSR count). The van der Waals surface area contributed by atoms with Gasteiger partial charge in [0.05, 0.1) is 0 Å². The second-order valence-electron chi connectivity index (χ2n) is 4.34. The third-order valence-electron chi connectivity index (χ3n) is 3.07. The summed E-state index contributed by atoms with van der Waals surface area (Å²) in [5, 5.41) is 10.6. The third-order valence-corrected chi connectivity index (χ3v) is 3.07. The minimum absolute atomic E-state index is 0.135. The first-order valence-corrected chi connectivity index (χ1v) is 6.01. The van der Waals surface area contributed by atoms with Crippen LogP contribution in [0.3, 0.4) is 0 Å². The summed E-state index contributed by atoms with van der Waals surface area (Å²) in [6.07, 6.45) is 1.88. The smallest absolute Gasteiger partial charge is 0.161 e. The highest BCUT2D eigenvalue weighted by Crippen LogP contribution is 2.28. The van der Waals surface area contributed by atoms with E-state index >= 15 is 0 Å². The topological polar surface area (TPSA) is 71.3 Å². The fourth-order valence-corrected chi connectivity index (χ4v) is 2.13. The lowest BCUT2D eigenvalue weighted by atomic mass is 10.1. The van der Waals surface area contributed by atoms with Gasteiger partial charge in [0.15, 0.2) is 11.5 Å². The van der Waals surface area contributed by atoms with Gasteiger partial charge in [-0.1, -0.05) is 18.2 Å². The fourth-order valence-electron chi connectivity index (χ4n) is 2.13. The molecule has 0 unspecified atom stereocenters. The number of aromatic nitrogens is 1. The number of hydrogen-bond donors (Lipinski definition) is 3. The van der Waals surface area contributed by atoms with E-state index in [9.17, 15) is 5.11 Å². The zero-order valence-electron chi connectivity index (χ0n) is 10.3. The average Bonchev–Trinajstić information content (AvgIpc) is 2.83. The van der Waals surface area contributed by atoms with E-state index in [1.165, 1.54) is 0 Å².